The quantitative estimate of drug-likeness (QED) is 0.452. The SMILES string of the molecule is Cc1ccc(CNc2cc(=O)oc3ccc([N+](=O)[O-])cc23)cc1. The summed E-state index contributed by atoms with van der Waals surface area (Å²) in [5.41, 5.74) is 2.48. The Balaban J connectivity index is 1.97. The Morgan fingerprint density at radius 1 is 1.13 bits per heavy atom. The summed E-state index contributed by atoms with van der Waals surface area (Å²) in [6, 6.07) is 13.4. The molecule has 0 aliphatic rings. The van der Waals surface area contributed by atoms with Crippen molar-refractivity contribution in [3.8, 4) is 0 Å². The Hall–Kier alpha value is -3.15. The Morgan fingerprint density at radius 2 is 1.87 bits per heavy atom. The largest absolute Gasteiger partial charge is 0.423 e. The van der Waals surface area contributed by atoms with Crippen molar-refractivity contribution in [3.63, 3.8) is 0 Å². The zero-order valence-electron chi connectivity index (χ0n) is 12.4. The standard InChI is InChI=1S/C17H14N2O4/c1-11-2-4-12(5-3-11)10-18-15-9-17(20)23-16-7-6-13(19(21)22)8-14(15)16/h2-9,18H,10H2,1H3. The zero-order chi connectivity index (χ0) is 16.4. The topological polar surface area (TPSA) is 85.4 Å². The van der Waals surface area contributed by atoms with Gasteiger partial charge in [0.05, 0.1) is 10.6 Å². The maximum Gasteiger partial charge on any atom is 0.338 e. The molecule has 2 aromatic carbocycles. The van der Waals surface area contributed by atoms with Crippen LogP contribution in [-0.4, -0.2) is 4.92 Å². The monoisotopic (exact) mass is 310 g/mol. The van der Waals surface area contributed by atoms with E-state index in [1.807, 2.05) is 31.2 Å². The summed E-state index contributed by atoms with van der Waals surface area (Å²) in [6.45, 7) is 2.51. The number of nitrogens with one attached hydrogen (secondary N) is 1. The number of anilines is 1. The highest BCUT2D eigenvalue weighted by Gasteiger charge is 2.11. The van der Waals surface area contributed by atoms with Crippen LogP contribution in [0.4, 0.5) is 11.4 Å². The maximum absolute atomic E-state index is 11.6. The van der Waals surface area contributed by atoms with Gasteiger partial charge in [0.15, 0.2) is 0 Å². The molecule has 0 saturated heterocycles. The average Bonchev–Trinajstić information content (AvgIpc) is 2.53. The van der Waals surface area contributed by atoms with Gasteiger partial charge < -0.3 is 9.73 Å². The predicted molar refractivity (Wildman–Crippen MR) is 87.6 cm³/mol. The second-order valence-electron chi connectivity index (χ2n) is 5.26. The minimum Gasteiger partial charge on any atom is -0.423 e. The van der Waals surface area contributed by atoms with E-state index in [-0.39, 0.29) is 5.69 Å². The fourth-order valence-electron chi connectivity index (χ4n) is 2.31. The molecule has 6 nitrogen and oxygen atoms in total. The Kier molecular flexibility index (Phi) is 3.80. The van der Waals surface area contributed by atoms with E-state index in [0.29, 0.717) is 23.2 Å². The van der Waals surface area contributed by atoms with Crippen molar-refractivity contribution in [2.24, 2.45) is 0 Å². The lowest BCUT2D eigenvalue weighted by atomic mass is 10.1. The molecule has 0 aliphatic carbocycles. The first-order valence-corrected chi connectivity index (χ1v) is 7.04. The summed E-state index contributed by atoms with van der Waals surface area (Å²) < 4.78 is 5.09. The van der Waals surface area contributed by atoms with Gasteiger partial charge in [-0.05, 0) is 18.6 Å². The number of nitro groups is 1. The van der Waals surface area contributed by atoms with Crippen molar-refractivity contribution >= 4 is 22.3 Å². The van der Waals surface area contributed by atoms with Crippen molar-refractivity contribution in [2.75, 3.05) is 5.32 Å². The van der Waals surface area contributed by atoms with Gasteiger partial charge >= 0.3 is 5.63 Å². The van der Waals surface area contributed by atoms with Crippen LogP contribution in [0.15, 0.2) is 57.7 Å². The summed E-state index contributed by atoms with van der Waals surface area (Å²) in [4.78, 5) is 22.1. The first kappa shape index (κ1) is 14.8. The van der Waals surface area contributed by atoms with E-state index in [2.05, 4.69) is 5.32 Å². The molecule has 116 valence electrons. The van der Waals surface area contributed by atoms with Gasteiger partial charge in [-0.15, -0.1) is 0 Å². The average molecular weight is 310 g/mol. The van der Waals surface area contributed by atoms with E-state index < -0.39 is 10.5 Å². The number of hydrogen-bond donors (Lipinski definition) is 1. The van der Waals surface area contributed by atoms with Gasteiger partial charge in [-0.3, -0.25) is 10.1 Å². The molecule has 0 spiro atoms. The van der Waals surface area contributed by atoms with E-state index in [0.717, 1.165) is 11.1 Å². The highest BCUT2D eigenvalue weighted by molar-refractivity contribution is 5.91. The van der Waals surface area contributed by atoms with Crippen LogP contribution in [0.1, 0.15) is 11.1 Å². The normalized spacial score (nSPS) is 10.7. The minimum absolute atomic E-state index is 0.0512. The molecule has 0 atom stereocenters. The number of non-ortho nitro benzene ring substituents is 1. The Bertz CT molecular complexity index is 929. The Labute approximate surface area is 131 Å². The second kappa shape index (κ2) is 5.92. The number of aryl methyl sites for hydroxylation is 1. The van der Waals surface area contributed by atoms with Gasteiger partial charge in [-0.25, -0.2) is 4.79 Å². The lowest BCUT2D eigenvalue weighted by molar-refractivity contribution is -0.384. The van der Waals surface area contributed by atoms with Gasteiger partial charge in [0.1, 0.15) is 5.58 Å². The predicted octanol–water partition coefficient (Wildman–Crippen LogP) is 3.62. The molecule has 3 aromatic rings. The summed E-state index contributed by atoms with van der Waals surface area (Å²) >= 11 is 0. The van der Waals surface area contributed by atoms with E-state index in [4.69, 9.17) is 4.42 Å². The zero-order valence-corrected chi connectivity index (χ0v) is 12.4. The smallest absolute Gasteiger partial charge is 0.338 e. The van der Waals surface area contributed by atoms with Gasteiger partial charge in [0.25, 0.3) is 5.69 Å². The first-order chi connectivity index (χ1) is 11.0. The molecule has 0 unspecified atom stereocenters. The number of benzene rings is 2. The van der Waals surface area contributed by atoms with E-state index in [1.165, 1.54) is 24.3 Å². The molecular weight excluding hydrogens is 296 g/mol. The fourth-order valence-corrected chi connectivity index (χ4v) is 2.31. The molecular formula is C17H14N2O4. The highest BCUT2D eigenvalue weighted by Crippen LogP contribution is 2.26. The van der Waals surface area contributed by atoms with E-state index in [1.54, 1.807) is 0 Å². The van der Waals surface area contributed by atoms with Crippen molar-refractivity contribution in [1.29, 1.82) is 0 Å². The number of nitrogens with zero attached hydrogens (tertiary/aromatic N) is 1. The van der Waals surface area contributed by atoms with Crippen LogP contribution in [-0.2, 0) is 6.54 Å². The molecule has 0 aliphatic heterocycles. The van der Waals surface area contributed by atoms with Gasteiger partial charge in [-0.1, -0.05) is 29.8 Å². The third-order valence-electron chi connectivity index (χ3n) is 3.54. The van der Waals surface area contributed by atoms with Crippen LogP contribution in [0.2, 0.25) is 0 Å². The Morgan fingerprint density at radius 3 is 2.57 bits per heavy atom. The number of nitro benzene ring substituents is 1. The summed E-state index contributed by atoms with van der Waals surface area (Å²) in [5.74, 6) is 0. The lowest BCUT2D eigenvalue weighted by Crippen LogP contribution is -2.05. The molecule has 1 N–H and O–H groups in total. The highest BCUT2D eigenvalue weighted by atomic mass is 16.6. The van der Waals surface area contributed by atoms with E-state index >= 15 is 0 Å². The maximum atomic E-state index is 11.6. The molecule has 0 radical (unpaired) electrons. The summed E-state index contributed by atoms with van der Waals surface area (Å²) in [5, 5.41) is 14.6. The van der Waals surface area contributed by atoms with Crippen molar-refractivity contribution in [2.45, 2.75) is 13.5 Å². The van der Waals surface area contributed by atoms with Crippen molar-refractivity contribution in [1.82, 2.24) is 0 Å². The lowest BCUT2D eigenvalue weighted by Gasteiger charge is -2.09. The molecule has 0 saturated carbocycles. The van der Waals surface area contributed by atoms with Crippen LogP contribution in [0.5, 0.6) is 0 Å². The molecule has 6 heteroatoms. The van der Waals surface area contributed by atoms with Crippen LogP contribution >= 0.6 is 0 Å². The van der Waals surface area contributed by atoms with Gasteiger partial charge in [-0.2, -0.15) is 0 Å². The summed E-state index contributed by atoms with van der Waals surface area (Å²) in [7, 11) is 0. The molecule has 3 rings (SSSR count). The van der Waals surface area contributed by atoms with E-state index in [9.17, 15) is 14.9 Å². The number of rotatable bonds is 4. The van der Waals surface area contributed by atoms with Crippen LogP contribution in [0.3, 0.4) is 0 Å². The fraction of sp³-hybridized carbons (Fsp3) is 0.118. The molecule has 0 fully saturated rings. The number of hydrogen-bond acceptors (Lipinski definition) is 5. The molecule has 23 heavy (non-hydrogen) atoms. The van der Waals surface area contributed by atoms with Gasteiger partial charge in [0, 0.05) is 30.1 Å². The third kappa shape index (κ3) is 3.21. The summed E-state index contributed by atoms with van der Waals surface area (Å²) in [6.07, 6.45) is 0. The molecule has 1 aromatic heterocycles. The van der Waals surface area contributed by atoms with Crippen LogP contribution in [0.25, 0.3) is 11.0 Å². The van der Waals surface area contributed by atoms with Crippen molar-refractivity contribution < 1.29 is 9.34 Å². The second-order valence-corrected chi connectivity index (χ2v) is 5.26. The van der Waals surface area contributed by atoms with Crippen LogP contribution in [0, 0.1) is 17.0 Å². The van der Waals surface area contributed by atoms with Crippen LogP contribution < -0.4 is 10.9 Å². The minimum atomic E-state index is -0.502. The van der Waals surface area contributed by atoms with Crippen molar-refractivity contribution in [3.05, 3.63) is 80.2 Å². The first-order valence-electron chi connectivity index (χ1n) is 7.04. The molecule has 0 bridgehead atoms. The molecule has 0 amide bonds. The number of fused-ring (bicyclic) bond motifs is 1. The molecule has 1 heterocycles. The third-order valence-corrected chi connectivity index (χ3v) is 3.54. The van der Waals surface area contributed by atoms with Gasteiger partial charge in [0.2, 0.25) is 0 Å².